The molecule has 1 aromatic heterocycles. The summed E-state index contributed by atoms with van der Waals surface area (Å²) in [4.78, 5) is 1.47. The summed E-state index contributed by atoms with van der Waals surface area (Å²) >= 11 is 3.78. The second-order valence-electron chi connectivity index (χ2n) is 4.04. The SMILES string of the molecule is CSCCCNC(c1cccs1)C(C)C. The smallest absolute Gasteiger partial charge is 0.0438 e. The number of thiophene rings is 1. The van der Waals surface area contributed by atoms with Gasteiger partial charge in [-0.1, -0.05) is 19.9 Å². The minimum Gasteiger partial charge on any atom is -0.309 e. The molecule has 0 amide bonds. The quantitative estimate of drug-likeness (QED) is 0.731. The molecule has 15 heavy (non-hydrogen) atoms. The van der Waals surface area contributed by atoms with E-state index < -0.39 is 0 Å². The molecule has 1 heterocycles. The van der Waals surface area contributed by atoms with Gasteiger partial charge in [0.2, 0.25) is 0 Å². The van der Waals surface area contributed by atoms with Crippen LogP contribution in [0.4, 0.5) is 0 Å². The van der Waals surface area contributed by atoms with Crippen molar-refractivity contribution in [2.24, 2.45) is 5.92 Å². The summed E-state index contributed by atoms with van der Waals surface area (Å²) in [5.74, 6) is 1.92. The van der Waals surface area contributed by atoms with Crippen molar-refractivity contribution in [2.45, 2.75) is 26.3 Å². The van der Waals surface area contributed by atoms with Gasteiger partial charge in [-0.2, -0.15) is 11.8 Å². The van der Waals surface area contributed by atoms with Crippen LogP contribution in [-0.2, 0) is 0 Å². The van der Waals surface area contributed by atoms with Crippen LogP contribution in [0, 0.1) is 5.92 Å². The monoisotopic (exact) mass is 243 g/mol. The van der Waals surface area contributed by atoms with Crippen molar-refractivity contribution in [3.63, 3.8) is 0 Å². The van der Waals surface area contributed by atoms with Crippen molar-refractivity contribution in [1.29, 1.82) is 0 Å². The Morgan fingerprint density at radius 1 is 1.47 bits per heavy atom. The zero-order valence-corrected chi connectivity index (χ0v) is 11.5. The molecule has 3 heteroatoms. The lowest BCUT2D eigenvalue weighted by atomic mass is 10.0. The zero-order valence-electron chi connectivity index (χ0n) is 9.82. The average molecular weight is 243 g/mol. The summed E-state index contributed by atoms with van der Waals surface area (Å²) in [6.45, 7) is 5.69. The van der Waals surface area contributed by atoms with E-state index in [1.54, 1.807) is 0 Å². The van der Waals surface area contributed by atoms with Crippen molar-refractivity contribution < 1.29 is 0 Å². The van der Waals surface area contributed by atoms with Gasteiger partial charge in [0, 0.05) is 10.9 Å². The first-order valence-corrected chi connectivity index (χ1v) is 7.78. The van der Waals surface area contributed by atoms with E-state index in [4.69, 9.17) is 0 Å². The van der Waals surface area contributed by atoms with Crippen LogP contribution >= 0.6 is 23.1 Å². The third-order valence-corrected chi connectivity index (χ3v) is 4.06. The van der Waals surface area contributed by atoms with Crippen molar-refractivity contribution in [2.75, 3.05) is 18.6 Å². The van der Waals surface area contributed by atoms with Crippen LogP contribution in [-0.4, -0.2) is 18.6 Å². The van der Waals surface area contributed by atoms with Gasteiger partial charge in [-0.25, -0.2) is 0 Å². The predicted octanol–water partition coefficient (Wildman–Crippen LogP) is 3.79. The van der Waals surface area contributed by atoms with Crippen molar-refractivity contribution in [3.05, 3.63) is 22.4 Å². The minimum atomic E-state index is 0.534. The Balaban J connectivity index is 2.39. The minimum absolute atomic E-state index is 0.534. The van der Waals surface area contributed by atoms with Crippen LogP contribution in [0.15, 0.2) is 17.5 Å². The van der Waals surface area contributed by atoms with E-state index in [-0.39, 0.29) is 0 Å². The third kappa shape index (κ3) is 4.58. The highest BCUT2D eigenvalue weighted by molar-refractivity contribution is 7.98. The summed E-state index contributed by atoms with van der Waals surface area (Å²) in [5, 5.41) is 5.81. The maximum Gasteiger partial charge on any atom is 0.0438 e. The van der Waals surface area contributed by atoms with E-state index in [2.05, 4.69) is 42.9 Å². The summed E-state index contributed by atoms with van der Waals surface area (Å²) in [7, 11) is 0. The Morgan fingerprint density at radius 3 is 2.80 bits per heavy atom. The molecule has 0 aromatic carbocycles. The van der Waals surface area contributed by atoms with Crippen LogP contribution in [0.5, 0.6) is 0 Å². The highest BCUT2D eigenvalue weighted by Crippen LogP contribution is 2.25. The van der Waals surface area contributed by atoms with Crippen molar-refractivity contribution >= 4 is 23.1 Å². The molecule has 0 aliphatic heterocycles. The van der Waals surface area contributed by atoms with Gasteiger partial charge in [-0.05, 0) is 42.3 Å². The van der Waals surface area contributed by atoms with E-state index in [0.717, 1.165) is 6.54 Å². The average Bonchev–Trinajstić information content (AvgIpc) is 2.70. The Hall–Kier alpha value is 0.01000. The van der Waals surface area contributed by atoms with Crippen molar-refractivity contribution in [3.8, 4) is 0 Å². The zero-order chi connectivity index (χ0) is 11.1. The predicted molar refractivity (Wildman–Crippen MR) is 72.9 cm³/mol. The molecule has 0 aliphatic carbocycles. The van der Waals surface area contributed by atoms with E-state index >= 15 is 0 Å². The van der Waals surface area contributed by atoms with E-state index in [1.165, 1.54) is 17.1 Å². The number of thioether (sulfide) groups is 1. The molecule has 1 nitrogen and oxygen atoms in total. The van der Waals surface area contributed by atoms with Gasteiger partial charge in [0.25, 0.3) is 0 Å². The maximum atomic E-state index is 3.65. The molecule has 1 rings (SSSR count). The number of hydrogen-bond donors (Lipinski definition) is 1. The highest BCUT2D eigenvalue weighted by Gasteiger charge is 2.15. The lowest BCUT2D eigenvalue weighted by Gasteiger charge is -2.21. The lowest BCUT2D eigenvalue weighted by Crippen LogP contribution is -2.26. The van der Waals surface area contributed by atoms with Crippen LogP contribution in [0.3, 0.4) is 0 Å². The fourth-order valence-corrected chi connectivity index (χ4v) is 3.01. The summed E-state index contributed by atoms with van der Waals surface area (Å²) in [6, 6.07) is 4.91. The topological polar surface area (TPSA) is 12.0 Å². The first kappa shape index (κ1) is 13.1. The molecule has 0 fully saturated rings. The van der Waals surface area contributed by atoms with Gasteiger partial charge in [0.1, 0.15) is 0 Å². The molecule has 1 N–H and O–H groups in total. The normalized spacial score (nSPS) is 13.3. The Bertz CT molecular complexity index is 244. The first-order chi connectivity index (χ1) is 7.25. The van der Waals surface area contributed by atoms with Crippen LogP contribution < -0.4 is 5.32 Å². The van der Waals surface area contributed by atoms with Crippen LogP contribution in [0.2, 0.25) is 0 Å². The standard InChI is InChI=1S/C12H21NS2/c1-10(2)12(11-6-4-9-15-11)13-7-5-8-14-3/h4,6,9-10,12-13H,5,7-8H2,1-3H3. The molecule has 0 aliphatic rings. The largest absolute Gasteiger partial charge is 0.309 e. The third-order valence-electron chi connectivity index (χ3n) is 2.41. The Labute approximate surface area is 102 Å². The highest BCUT2D eigenvalue weighted by atomic mass is 32.2. The number of hydrogen-bond acceptors (Lipinski definition) is 3. The Kier molecular flexibility index (Phi) is 6.37. The van der Waals surface area contributed by atoms with Gasteiger partial charge in [-0.15, -0.1) is 11.3 Å². The van der Waals surface area contributed by atoms with Gasteiger partial charge in [-0.3, -0.25) is 0 Å². The summed E-state index contributed by atoms with van der Waals surface area (Å²) < 4.78 is 0. The molecular weight excluding hydrogens is 222 g/mol. The molecule has 1 aromatic rings. The number of nitrogens with one attached hydrogen (secondary N) is 1. The van der Waals surface area contributed by atoms with Crippen LogP contribution in [0.1, 0.15) is 31.2 Å². The molecule has 0 saturated carbocycles. The summed E-state index contributed by atoms with van der Waals surface area (Å²) in [5.41, 5.74) is 0. The molecule has 86 valence electrons. The first-order valence-electron chi connectivity index (χ1n) is 5.51. The second kappa shape index (κ2) is 7.31. The molecule has 0 saturated heterocycles. The fourth-order valence-electron chi connectivity index (χ4n) is 1.61. The molecular formula is C12H21NS2. The van der Waals surface area contributed by atoms with Crippen LogP contribution in [0.25, 0.3) is 0 Å². The van der Waals surface area contributed by atoms with Gasteiger partial charge >= 0.3 is 0 Å². The molecule has 1 unspecified atom stereocenters. The van der Waals surface area contributed by atoms with E-state index in [9.17, 15) is 0 Å². The summed E-state index contributed by atoms with van der Waals surface area (Å²) in [6.07, 6.45) is 3.43. The van der Waals surface area contributed by atoms with Gasteiger partial charge < -0.3 is 5.32 Å². The fraction of sp³-hybridized carbons (Fsp3) is 0.667. The molecule has 0 radical (unpaired) electrons. The lowest BCUT2D eigenvalue weighted by molar-refractivity contribution is 0.419. The van der Waals surface area contributed by atoms with Gasteiger partial charge in [0.15, 0.2) is 0 Å². The van der Waals surface area contributed by atoms with Crippen molar-refractivity contribution in [1.82, 2.24) is 5.32 Å². The Morgan fingerprint density at radius 2 is 2.27 bits per heavy atom. The molecule has 1 atom stereocenters. The number of rotatable bonds is 7. The van der Waals surface area contributed by atoms with E-state index in [0.29, 0.717) is 12.0 Å². The molecule has 0 spiro atoms. The molecule has 0 bridgehead atoms. The maximum absolute atomic E-state index is 3.65. The van der Waals surface area contributed by atoms with Gasteiger partial charge in [0.05, 0.1) is 0 Å². The van der Waals surface area contributed by atoms with E-state index in [1.807, 2.05) is 23.1 Å². The second-order valence-corrected chi connectivity index (χ2v) is 6.00.